The summed E-state index contributed by atoms with van der Waals surface area (Å²) in [4.78, 5) is 21.1. The van der Waals surface area contributed by atoms with Gasteiger partial charge < -0.3 is 5.11 Å². The molecule has 0 unspecified atom stereocenters. The van der Waals surface area contributed by atoms with Crippen molar-refractivity contribution in [3.8, 4) is 17.6 Å². The van der Waals surface area contributed by atoms with Gasteiger partial charge in [0.15, 0.2) is 11.4 Å². The molecule has 0 aromatic heterocycles. The van der Waals surface area contributed by atoms with Crippen molar-refractivity contribution in [2.24, 2.45) is 0 Å². The van der Waals surface area contributed by atoms with E-state index < -0.39 is 0 Å². The number of phenolic OH excluding ortho intramolecular Hbond substituents is 1. The second kappa shape index (κ2) is 6.77. The van der Waals surface area contributed by atoms with Gasteiger partial charge in [0, 0.05) is 24.7 Å². The predicted molar refractivity (Wildman–Crippen MR) is 68.1 cm³/mol. The second-order valence-corrected chi connectivity index (χ2v) is 4.56. The van der Waals surface area contributed by atoms with Crippen molar-refractivity contribution in [1.82, 2.24) is 0 Å². The molecule has 0 bridgehead atoms. The molecule has 1 N–H and O–H groups in total. The Morgan fingerprint density at radius 2 is 2.29 bits per heavy atom. The molecule has 1 aromatic carbocycles. The molecule has 0 heterocycles. The third kappa shape index (κ3) is 4.75. The first-order valence-corrected chi connectivity index (χ1v) is 6.02. The average Bonchev–Trinajstić information content (AvgIpc) is 2.28. The fourth-order valence-electron chi connectivity index (χ4n) is 1.13. The highest BCUT2D eigenvalue weighted by Gasteiger charge is 1.99. The molecule has 1 rings (SSSR count). The van der Waals surface area contributed by atoms with Gasteiger partial charge in [0.25, 0.3) is 0 Å². The van der Waals surface area contributed by atoms with Crippen LogP contribution in [0, 0.1) is 11.8 Å². The summed E-state index contributed by atoms with van der Waals surface area (Å²) in [5, 5.41) is 9.50. The summed E-state index contributed by atoms with van der Waals surface area (Å²) in [7, 11) is 0. The van der Waals surface area contributed by atoms with Gasteiger partial charge in [-0.1, -0.05) is 23.6 Å². The van der Waals surface area contributed by atoms with Crippen LogP contribution in [0.3, 0.4) is 0 Å². The van der Waals surface area contributed by atoms with Gasteiger partial charge in [-0.2, -0.15) is 0 Å². The lowest BCUT2D eigenvalue weighted by Gasteiger charge is -1.96. The zero-order valence-corrected chi connectivity index (χ0v) is 10.2. The summed E-state index contributed by atoms with van der Waals surface area (Å²) in [5.41, 5.74) is 0.906. The molecule has 0 aliphatic carbocycles. The number of hydrogen-bond acceptors (Lipinski definition) is 4. The van der Waals surface area contributed by atoms with Gasteiger partial charge in [-0.25, -0.2) is 0 Å². The van der Waals surface area contributed by atoms with Crippen molar-refractivity contribution < 1.29 is 14.7 Å². The predicted octanol–water partition coefficient (Wildman–Crippen LogP) is 2.23. The summed E-state index contributed by atoms with van der Waals surface area (Å²) in [6.07, 6.45) is 1.20. The van der Waals surface area contributed by atoms with Crippen LogP contribution in [0.2, 0.25) is 0 Å². The van der Waals surface area contributed by atoms with Gasteiger partial charge in [-0.05, 0) is 18.2 Å². The topological polar surface area (TPSA) is 54.4 Å². The van der Waals surface area contributed by atoms with E-state index in [1.54, 1.807) is 6.07 Å². The van der Waals surface area contributed by atoms with E-state index in [1.165, 1.54) is 30.8 Å². The van der Waals surface area contributed by atoms with Crippen molar-refractivity contribution >= 4 is 23.2 Å². The van der Waals surface area contributed by atoms with Crippen LogP contribution in [0.4, 0.5) is 0 Å². The van der Waals surface area contributed by atoms with Crippen molar-refractivity contribution in [1.29, 1.82) is 0 Å². The monoisotopic (exact) mass is 248 g/mol. The number of hydrogen-bond donors (Lipinski definition) is 1. The zero-order valence-electron chi connectivity index (χ0n) is 9.40. The Kier molecular flexibility index (Phi) is 5.31. The fourth-order valence-corrected chi connectivity index (χ4v) is 1.62. The fraction of sp³-hybridized carbons (Fsp3) is 0.231. The number of carbonyl (C=O) groups is 2. The summed E-state index contributed by atoms with van der Waals surface area (Å²) in [6, 6.07) is 4.65. The molecule has 88 valence electrons. The molecule has 0 aliphatic rings. The summed E-state index contributed by atoms with van der Waals surface area (Å²) in [6.45, 7) is 1.52. The summed E-state index contributed by atoms with van der Waals surface area (Å²) < 4.78 is 0. The van der Waals surface area contributed by atoms with Crippen LogP contribution in [0.5, 0.6) is 5.75 Å². The number of aromatic hydroxyl groups is 1. The third-order valence-corrected chi connectivity index (χ3v) is 2.74. The standard InChI is InChI=1S/C13H12O3S/c1-10(15)17-7-3-2-4-11-5-6-12(9-14)13(16)8-11/h5-6,8-9,16H,3,7H2,1H3. The summed E-state index contributed by atoms with van der Waals surface area (Å²) in [5.74, 6) is 6.36. The highest BCUT2D eigenvalue weighted by Crippen LogP contribution is 2.16. The number of thioether (sulfide) groups is 1. The lowest BCUT2D eigenvalue weighted by atomic mass is 10.1. The van der Waals surface area contributed by atoms with Gasteiger partial charge in [0.1, 0.15) is 5.75 Å². The largest absolute Gasteiger partial charge is 0.507 e. The van der Waals surface area contributed by atoms with Crippen LogP contribution in [0.1, 0.15) is 29.3 Å². The molecule has 0 saturated heterocycles. The molecule has 3 nitrogen and oxygen atoms in total. The van der Waals surface area contributed by atoms with Gasteiger partial charge in [-0.3, -0.25) is 9.59 Å². The second-order valence-electron chi connectivity index (χ2n) is 3.28. The molecular formula is C13H12O3S. The van der Waals surface area contributed by atoms with E-state index in [4.69, 9.17) is 0 Å². The Labute approximate surface area is 104 Å². The average molecular weight is 248 g/mol. The molecule has 0 atom stereocenters. The van der Waals surface area contributed by atoms with Crippen LogP contribution >= 0.6 is 11.8 Å². The maximum atomic E-state index is 10.6. The van der Waals surface area contributed by atoms with Crippen LogP contribution < -0.4 is 0 Å². The molecular weight excluding hydrogens is 236 g/mol. The third-order valence-electron chi connectivity index (χ3n) is 1.92. The Balaban J connectivity index is 2.57. The van der Waals surface area contributed by atoms with E-state index in [0.717, 1.165) is 0 Å². The first-order chi connectivity index (χ1) is 8.13. The number of carbonyl (C=O) groups excluding carboxylic acids is 2. The molecule has 0 aliphatic heterocycles. The first-order valence-electron chi connectivity index (χ1n) is 5.04. The number of aldehydes is 1. The Bertz CT molecular complexity index is 483. The number of benzene rings is 1. The minimum atomic E-state index is -0.0649. The molecule has 17 heavy (non-hydrogen) atoms. The van der Waals surface area contributed by atoms with E-state index in [9.17, 15) is 14.7 Å². The van der Waals surface area contributed by atoms with Gasteiger partial charge in [0.2, 0.25) is 0 Å². The van der Waals surface area contributed by atoms with E-state index in [-0.39, 0.29) is 16.4 Å². The smallest absolute Gasteiger partial charge is 0.185 e. The lowest BCUT2D eigenvalue weighted by Crippen LogP contribution is -1.85. The normalized spacial score (nSPS) is 9.24. The van der Waals surface area contributed by atoms with Crippen molar-refractivity contribution in [3.63, 3.8) is 0 Å². The quantitative estimate of drug-likeness (QED) is 0.506. The Morgan fingerprint density at radius 3 is 2.88 bits per heavy atom. The molecule has 0 spiro atoms. The van der Waals surface area contributed by atoms with E-state index in [2.05, 4.69) is 11.8 Å². The van der Waals surface area contributed by atoms with E-state index in [0.29, 0.717) is 24.0 Å². The van der Waals surface area contributed by atoms with Crippen LogP contribution in [-0.2, 0) is 4.79 Å². The Morgan fingerprint density at radius 1 is 1.53 bits per heavy atom. The molecule has 0 radical (unpaired) electrons. The number of rotatable bonds is 3. The maximum Gasteiger partial charge on any atom is 0.185 e. The molecule has 1 aromatic rings. The SMILES string of the molecule is CC(=O)SCCC#Cc1ccc(C=O)c(O)c1. The van der Waals surface area contributed by atoms with E-state index in [1.807, 2.05) is 0 Å². The lowest BCUT2D eigenvalue weighted by molar-refractivity contribution is -0.109. The van der Waals surface area contributed by atoms with Crippen molar-refractivity contribution in [3.05, 3.63) is 29.3 Å². The van der Waals surface area contributed by atoms with Crippen LogP contribution in [-0.4, -0.2) is 22.3 Å². The molecule has 0 saturated carbocycles. The molecule has 4 heteroatoms. The van der Waals surface area contributed by atoms with Crippen molar-refractivity contribution in [2.75, 3.05) is 5.75 Å². The maximum absolute atomic E-state index is 10.6. The number of phenols is 1. The van der Waals surface area contributed by atoms with Crippen molar-refractivity contribution in [2.45, 2.75) is 13.3 Å². The zero-order chi connectivity index (χ0) is 12.7. The minimum Gasteiger partial charge on any atom is -0.507 e. The van der Waals surface area contributed by atoms with Crippen LogP contribution in [0.15, 0.2) is 18.2 Å². The molecule has 0 fully saturated rings. The van der Waals surface area contributed by atoms with Gasteiger partial charge in [0.05, 0.1) is 5.56 Å². The van der Waals surface area contributed by atoms with Gasteiger partial charge >= 0.3 is 0 Å². The molecule has 0 amide bonds. The minimum absolute atomic E-state index is 0.0649. The summed E-state index contributed by atoms with van der Waals surface area (Å²) >= 11 is 1.24. The van der Waals surface area contributed by atoms with E-state index >= 15 is 0 Å². The Hall–Kier alpha value is -1.73. The highest BCUT2D eigenvalue weighted by molar-refractivity contribution is 8.13. The van der Waals surface area contributed by atoms with Gasteiger partial charge in [-0.15, -0.1) is 0 Å². The first kappa shape index (κ1) is 13.3. The highest BCUT2D eigenvalue weighted by atomic mass is 32.2. The van der Waals surface area contributed by atoms with Crippen LogP contribution in [0.25, 0.3) is 0 Å².